The predicted molar refractivity (Wildman–Crippen MR) is 73.9 cm³/mol. The molecule has 1 rings (SSSR count). The van der Waals surface area contributed by atoms with Gasteiger partial charge in [0.25, 0.3) is 0 Å². The topological polar surface area (TPSA) is 68.8 Å². The molecule has 0 aliphatic heterocycles. The number of nitriles is 2. The minimum Gasteiger partial charge on any atom is -0.495 e. The Hall–Kier alpha value is -2.72. The van der Waals surface area contributed by atoms with Gasteiger partial charge in [0.2, 0.25) is 0 Å². The summed E-state index contributed by atoms with van der Waals surface area (Å²) in [7, 11) is 1.42. The van der Waals surface area contributed by atoms with Crippen LogP contribution < -0.4 is 5.32 Å². The number of methoxy groups -OCH3 is 1. The van der Waals surface area contributed by atoms with Crippen LogP contribution in [0.3, 0.4) is 0 Å². The molecule has 0 aliphatic carbocycles. The Kier molecular flexibility index (Phi) is 5.19. The van der Waals surface area contributed by atoms with Crippen LogP contribution in [0.5, 0.6) is 0 Å². The zero-order valence-electron chi connectivity index (χ0n) is 11.2. The van der Waals surface area contributed by atoms with Crippen molar-refractivity contribution in [2.45, 2.75) is 13.8 Å². The Bertz CT molecular complexity index is 585. The van der Waals surface area contributed by atoms with E-state index in [4.69, 9.17) is 15.3 Å². The minimum atomic E-state index is -0.0550. The molecule has 4 nitrogen and oxygen atoms in total. The fraction of sp³-hybridized carbons (Fsp3) is 0.200. The van der Waals surface area contributed by atoms with Crippen molar-refractivity contribution in [2.24, 2.45) is 0 Å². The first kappa shape index (κ1) is 14.3. The quantitative estimate of drug-likeness (QED) is 0.508. The summed E-state index contributed by atoms with van der Waals surface area (Å²) in [6, 6.07) is 9.56. The molecular formula is C15H15N3O. The largest absolute Gasteiger partial charge is 0.495 e. The maximum Gasteiger partial charge on any atom is 0.171 e. The van der Waals surface area contributed by atoms with E-state index in [9.17, 15) is 0 Å². The third kappa shape index (κ3) is 3.90. The Morgan fingerprint density at radius 3 is 2.42 bits per heavy atom. The molecule has 0 aromatic heterocycles. The van der Waals surface area contributed by atoms with Crippen LogP contribution in [-0.4, -0.2) is 7.11 Å². The van der Waals surface area contributed by atoms with Gasteiger partial charge in [-0.05, 0) is 43.2 Å². The van der Waals surface area contributed by atoms with E-state index in [-0.39, 0.29) is 11.3 Å². The first-order valence-corrected chi connectivity index (χ1v) is 5.71. The molecular weight excluding hydrogens is 238 g/mol. The van der Waals surface area contributed by atoms with Gasteiger partial charge in [-0.1, -0.05) is 6.07 Å². The number of hydrogen-bond donors (Lipinski definition) is 1. The number of anilines is 1. The molecule has 0 amide bonds. The normalized spacial score (nSPS) is 9.53. The summed E-state index contributed by atoms with van der Waals surface area (Å²) < 4.78 is 4.98. The van der Waals surface area contributed by atoms with E-state index in [0.29, 0.717) is 0 Å². The van der Waals surface area contributed by atoms with E-state index in [2.05, 4.69) is 5.32 Å². The fourth-order valence-electron chi connectivity index (χ4n) is 1.43. The summed E-state index contributed by atoms with van der Waals surface area (Å²) in [5.74, 6) is 0.237. The standard InChI is InChI=1S/C15H15N3O/c1-11-4-5-14(8-12(11)2)18-7-6-15(19-3)13(9-16)10-17/h4-8,18H,1-3H3. The summed E-state index contributed by atoms with van der Waals surface area (Å²) in [5.41, 5.74) is 3.30. The molecule has 0 aliphatic rings. The van der Waals surface area contributed by atoms with Gasteiger partial charge >= 0.3 is 0 Å². The molecule has 0 atom stereocenters. The number of benzene rings is 1. The van der Waals surface area contributed by atoms with E-state index in [1.165, 1.54) is 18.2 Å². The van der Waals surface area contributed by atoms with Crippen LogP contribution in [0.25, 0.3) is 0 Å². The van der Waals surface area contributed by atoms with Crippen molar-refractivity contribution >= 4 is 5.69 Å². The van der Waals surface area contributed by atoms with Crippen molar-refractivity contribution in [1.82, 2.24) is 0 Å². The maximum absolute atomic E-state index is 8.75. The van der Waals surface area contributed by atoms with Gasteiger partial charge in [-0.15, -0.1) is 0 Å². The number of rotatable bonds is 4. The SMILES string of the molecule is COC(C=CNc1ccc(C)c(C)c1)=C(C#N)C#N. The number of allylic oxidation sites excluding steroid dienone is 2. The predicted octanol–water partition coefficient (Wildman–Crippen LogP) is 3.18. The fourth-order valence-corrected chi connectivity index (χ4v) is 1.43. The Morgan fingerprint density at radius 1 is 1.21 bits per heavy atom. The average Bonchev–Trinajstić information content (AvgIpc) is 2.42. The second kappa shape index (κ2) is 6.88. The lowest BCUT2D eigenvalue weighted by Crippen LogP contribution is -1.92. The molecule has 0 radical (unpaired) electrons. The molecule has 96 valence electrons. The van der Waals surface area contributed by atoms with E-state index in [1.807, 2.05) is 32.0 Å². The number of ether oxygens (including phenoxy) is 1. The molecule has 0 saturated carbocycles. The highest BCUT2D eigenvalue weighted by Gasteiger charge is 2.01. The van der Waals surface area contributed by atoms with Crippen molar-refractivity contribution in [1.29, 1.82) is 10.5 Å². The summed E-state index contributed by atoms with van der Waals surface area (Å²) >= 11 is 0. The second-order valence-electron chi connectivity index (χ2n) is 3.94. The molecule has 0 heterocycles. The van der Waals surface area contributed by atoms with Gasteiger partial charge in [0.1, 0.15) is 17.9 Å². The highest BCUT2D eigenvalue weighted by Crippen LogP contribution is 2.14. The zero-order valence-corrected chi connectivity index (χ0v) is 11.2. The average molecular weight is 253 g/mol. The van der Waals surface area contributed by atoms with Gasteiger partial charge < -0.3 is 10.1 Å². The van der Waals surface area contributed by atoms with Crippen LogP contribution >= 0.6 is 0 Å². The molecule has 1 aromatic rings. The Balaban J connectivity index is 2.84. The number of nitrogens with zero attached hydrogens (tertiary/aromatic N) is 2. The number of aryl methyl sites for hydroxylation is 2. The van der Waals surface area contributed by atoms with Gasteiger partial charge in [0, 0.05) is 11.9 Å². The summed E-state index contributed by atoms with van der Waals surface area (Å²) in [6.07, 6.45) is 3.19. The monoisotopic (exact) mass is 253 g/mol. The van der Waals surface area contributed by atoms with Crippen molar-refractivity contribution in [3.63, 3.8) is 0 Å². The molecule has 0 saturated heterocycles. The lowest BCUT2D eigenvalue weighted by atomic mass is 10.1. The van der Waals surface area contributed by atoms with Crippen LogP contribution in [0.4, 0.5) is 5.69 Å². The highest BCUT2D eigenvalue weighted by atomic mass is 16.5. The van der Waals surface area contributed by atoms with Crippen molar-refractivity contribution in [2.75, 3.05) is 12.4 Å². The molecule has 1 N–H and O–H groups in total. The molecule has 19 heavy (non-hydrogen) atoms. The van der Waals surface area contributed by atoms with Crippen molar-refractivity contribution < 1.29 is 4.74 Å². The van der Waals surface area contributed by atoms with Crippen LogP contribution in [0.1, 0.15) is 11.1 Å². The molecule has 0 spiro atoms. The third-order valence-corrected chi connectivity index (χ3v) is 2.68. The van der Waals surface area contributed by atoms with Crippen LogP contribution in [0, 0.1) is 36.5 Å². The van der Waals surface area contributed by atoms with Crippen LogP contribution in [0.2, 0.25) is 0 Å². The number of hydrogen-bond acceptors (Lipinski definition) is 4. The van der Waals surface area contributed by atoms with Gasteiger partial charge in [0.05, 0.1) is 7.11 Å². The Morgan fingerprint density at radius 2 is 1.89 bits per heavy atom. The van der Waals surface area contributed by atoms with E-state index >= 15 is 0 Å². The second-order valence-corrected chi connectivity index (χ2v) is 3.94. The summed E-state index contributed by atoms with van der Waals surface area (Å²) in [5, 5.41) is 20.6. The summed E-state index contributed by atoms with van der Waals surface area (Å²) in [4.78, 5) is 0. The van der Waals surface area contributed by atoms with Gasteiger partial charge in [0.15, 0.2) is 5.57 Å². The van der Waals surface area contributed by atoms with E-state index in [1.54, 1.807) is 24.4 Å². The van der Waals surface area contributed by atoms with Crippen molar-refractivity contribution in [3.05, 3.63) is 52.9 Å². The molecule has 1 aromatic carbocycles. The van der Waals surface area contributed by atoms with E-state index in [0.717, 1.165) is 5.69 Å². The molecule has 0 fully saturated rings. The van der Waals surface area contributed by atoms with Gasteiger partial charge in [-0.3, -0.25) is 0 Å². The summed E-state index contributed by atoms with van der Waals surface area (Å²) in [6.45, 7) is 4.08. The first-order chi connectivity index (χ1) is 9.12. The van der Waals surface area contributed by atoms with Crippen LogP contribution in [0.15, 0.2) is 41.8 Å². The first-order valence-electron chi connectivity index (χ1n) is 5.71. The lowest BCUT2D eigenvalue weighted by molar-refractivity contribution is 0.305. The Labute approximate surface area is 113 Å². The molecule has 4 heteroatoms. The van der Waals surface area contributed by atoms with E-state index < -0.39 is 0 Å². The minimum absolute atomic E-state index is 0.0550. The van der Waals surface area contributed by atoms with Gasteiger partial charge in [-0.2, -0.15) is 10.5 Å². The highest BCUT2D eigenvalue weighted by molar-refractivity contribution is 5.51. The molecule has 0 bridgehead atoms. The maximum atomic E-state index is 8.75. The van der Waals surface area contributed by atoms with Gasteiger partial charge in [-0.25, -0.2) is 0 Å². The third-order valence-electron chi connectivity index (χ3n) is 2.68. The lowest BCUT2D eigenvalue weighted by Gasteiger charge is -2.05. The van der Waals surface area contributed by atoms with Crippen molar-refractivity contribution in [3.8, 4) is 12.1 Å². The smallest absolute Gasteiger partial charge is 0.171 e. The van der Waals surface area contributed by atoms with Crippen LogP contribution in [-0.2, 0) is 4.74 Å². The molecule has 0 unspecified atom stereocenters. The zero-order chi connectivity index (χ0) is 14.3. The number of nitrogens with one attached hydrogen (secondary N) is 1.